The highest BCUT2D eigenvalue weighted by atomic mass is 16.5. The third-order valence-electron chi connectivity index (χ3n) is 9.29. The van der Waals surface area contributed by atoms with Gasteiger partial charge in [-0.2, -0.15) is 4.98 Å². The van der Waals surface area contributed by atoms with Crippen LogP contribution in [0.5, 0.6) is 11.5 Å². The van der Waals surface area contributed by atoms with Gasteiger partial charge < -0.3 is 34.0 Å². The molecule has 4 heterocycles. The molecule has 1 N–H and O–H groups in total. The molecule has 1 saturated heterocycles. The summed E-state index contributed by atoms with van der Waals surface area (Å²) < 4.78 is 16.3. The summed E-state index contributed by atoms with van der Waals surface area (Å²) in [7, 11) is 3.31. The van der Waals surface area contributed by atoms with Gasteiger partial charge in [0.2, 0.25) is 17.8 Å². The van der Waals surface area contributed by atoms with E-state index >= 15 is 0 Å². The minimum Gasteiger partial charge on any atom is -0.497 e. The van der Waals surface area contributed by atoms with Crippen molar-refractivity contribution >= 4 is 41.1 Å². The molecule has 5 aromatic rings. The zero-order chi connectivity index (χ0) is 36.9. The summed E-state index contributed by atoms with van der Waals surface area (Å²) in [5.74, 6) is 2.92. The lowest BCUT2D eigenvalue weighted by atomic mass is 10.1. The lowest BCUT2D eigenvalue weighted by molar-refractivity contribution is -0.116. The fourth-order valence-corrected chi connectivity index (χ4v) is 6.55. The van der Waals surface area contributed by atoms with Crippen molar-refractivity contribution in [2.24, 2.45) is 0 Å². The molecule has 14 nitrogen and oxygen atoms in total. The molecule has 0 bridgehead atoms. The lowest BCUT2D eigenvalue weighted by Gasteiger charge is -2.28. The Balaban J connectivity index is 1.22. The van der Waals surface area contributed by atoms with Crippen LogP contribution in [0.15, 0.2) is 85.2 Å². The van der Waals surface area contributed by atoms with Gasteiger partial charge in [0.25, 0.3) is 0 Å². The lowest BCUT2D eigenvalue weighted by Crippen LogP contribution is -2.37. The highest BCUT2D eigenvalue weighted by Crippen LogP contribution is 2.40. The first kappa shape index (κ1) is 35.1. The normalized spacial score (nSPS) is 13.7. The van der Waals surface area contributed by atoms with Gasteiger partial charge in [-0.25, -0.2) is 24.6 Å². The van der Waals surface area contributed by atoms with Crippen molar-refractivity contribution in [2.45, 2.75) is 26.4 Å². The molecule has 7 rings (SSSR count). The van der Waals surface area contributed by atoms with Crippen molar-refractivity contribution in [2.75, 3.05) is 66.7 Å². The predicted octanol–water partition coefficient (Wildman–Crippen LogP) is 5.72. The standard InChI is InChI=1S/C39H40N8O6/c1-26(48)47(39(49)50)31-10-8-30(9-11-31)46-17-16-34-35(42-38(43-36(34)46)44-18-20-53-21-19-44)29-22-40-37(41-23-29)45(24-27-4-12-32(51-2)13-5-27)25-28-6-14-33(52-3)15-7-28/h4-15,22-23H,16-21,24-25H2,1-3H3,(H,49,50). The molecule has 3 aromatic carbocycles. The molecule has 0 saturated carbocycles. The number of rotatable bonds is 11. The Hall–Kier alpha value is -6.28. The number of methoxy groups -OCH3 is 2. The van der Waals surface area contributed by atoms with Crippen LogP contribution in [-0.4, -0.2) is 84.1 Å². The summed E-state index contributed by atoms with van der Waals surface area (Å²) in [6, 6.07) is 22.8. The van der Waals surface area contributed by atoms with E-state index in [1.165, 1.54) is 6.92 Å². The molecule has 0 aliphatic carbocycles. The number of benzene rings is 3. The monoisotopic (exact) mass is 716 g/mol. The third-order valence-corrected chi connectivity index (χ3v) is 9.29. The molecule has 14 heteroatoms. The van der Waals surface area contributed by atoms with Crippen LogP contribution in [0.4, 0.5) is 33.9 Å². The number of amides is 2. The minimum atomic E-state index is -1.33. The van der Waals surface area contributed by atoms with Crippen LogP contribution in [0, 0.1) is 0 Å². The number of aromatic nitrogens is 4. The number of hydrogen-bond acceptors (Lipinski definition) is 12. The van der Waals surface area contributed by atoms with E-state index in [4.69, 9.17) is 34.1 Å². The van der Waals surface area contributed by atoms with Crippen LogP contribution in [0.3, 0.4) is 0 Å². The molecule has 2 aliphatic heterocycles. The van der Waals surface area contributed by atoms with Gasteiger partial charge in [0.1, 0.15) is 17.3 Å². The van der Waals surface area contributed by atoms with Gasteiger partial charge in [-0.1, -0.05) is 24.3 Å². The summed E-state index contributed by atoms with van der Waals surface area (Å²) in [6.45, 7) is 5.47. The summed E-state index contributed by atoms with van der Waals surface area (Å²) in [4.78, 5) is 50.7. The number of carbonyl (C=O) groups is 2. The highest BCUT2D eigenvalue weighted by Gasteiger charge is 2.30. The van der Waals surface area contributed by atoms with Crippen molar-refractivity contribution in [3.05, 3.63) is 102 Å². The van der Waals surface area contributed by atoms with Crippen LogP contribution < -0.4 is 29.1 Å². The van der Waals surface area contributed by atoms with E-state index in [0.717, 1.165) is 55.9 Å². The number of hydrogen-bond donors (Lipinski definition) is 1. The summed E-state index contributed by atoms with van der Waals surface area (Å²) in [6.07, 6.45) is 2.99. The van der Waals surface area contributed by atoms with E-state index in [2.05, 4.69) is 14.7 Å². The molecular formula is C39H40N8O6. The van der Waals surface area contributed by atoms with Gasteiger partial charge in [-0.05, 0) is 66.1 Å². The molecule has 0 radical (unpaired) electrons. The van der Waals surface area contributed by atoms with Crippen molar-refractivity contribution < 1.29 is 28.9 Å². The van der Waals surface area contributed by atoms with Gasteiger partial charge in [-0.3, -0.25) is 4.79 Å². The van der Waals surface area contributed by atoms with Crippen LogP contribution >= 0.6 is 0 Å². The zero-order valence-electron chi connectivity index (χ0n) is 29.8. The molecule has 272 valence electrons. The van der Waals surface area contributed by atoms with Crippen LogP contribution in [0.25, 0.3) is 11.3 Å². The number of imide groups is 1. The summed E-state index contributed by atoms with van der Waals surface area (Å²) in [5.41, 5.74) is 5.75. The number of carboxylic acid groups (broad SMARTS) is 1. The summed E-state index contributed by atoms with van der Waals surface area (Å²) in [5, 5.41) is 9.56. The predicted molar refractivity (Wildman–Crippen MR) is 200 cm³/mol. The molecule has 0 unspecified atom stereocenters. The Kier molecular flexibility index (Phi) is 10.3. The van der Waals surface area contributed by atoms with E-state index in [9.17, 15) is 14.7 Å². The first-order valence-corrected chi connectivity index (χ1v) is 17.3. The fourth-order valence-electron chi connectivity index (χ4n) is 6.55. The number of fused-ring (bicyclic) bond motifs is 1. The first-order chi connectivity index (χ1) is 25.8. The number of morpholine rings is 1. The van der Waals surface area contributed by atoms with Crippen molar-refractivity contribution in [1.82, 2.24) is 19.9 Å². The number of carbonyl (C=O) groups excluding carboxylic acids is 1. The van der Waals surface area contributed by atoms with Crippen LogP contribution in [0.1, 0.15) is 23.6 Å². The number of ether oxygens (including phenoxy) is 3. The Morgan fingerprint density at radius 3 is 1.92 bits per heavy atom. The second-order valence-corrected chi connectivity index (χ2v) is 12.7. The smallest absolute Gasteiger partial charge is 0.418 e. The van der Waals surface area contributed by atoms with Gasteiger partial charge in [0.05, 0.1) is 38.8 Å². The van der Waals surface area contributed by atoms with E-state index in [1.54, 1.807) is 38.5 Å². The molecule has 2 amide bonds. The maximum absolute atomic E-state index is 12.0. The number of nitrogens with zero attached hydrogens (tertiary/aromatic N) is 8. The number of anilines is 5. The third kappa shape index (κ3) is 7.67. The Morgan fingerprint density at radius 1 is 0.811 bits per heavy atom. The quantitative estimate of drug-likeness (QED) is 0.178. The maximum atomic E-state index is 12.0. The highest BCUT2D eigenvalue weighted by molar-refractivity contribution is 6.10. The average molecular weight is 717 g/mol. The fraction of sp³-hybridized carbons (Fsp3) is 0.282. The average Bonchev–Trinajstić information content (AvgIpc) is 3.62. The molecule has 2 aromatic heterocycles. The van der Waals surface area contributed by atoms with Crippen LogP contribution in [-0.2, 0) is 29.0 Å². The summed E-state index contributed by atoms with van der Waals surface area (Å²) >= 11 is 0. The Bertz CT molecular complexity index is 1990. The van der Waals surface area contributed by atoms with E-state index in [-0.39, 0.29) is 5.69 Å². The SMILES string of the molecule is COc1ccc(CN(Cc2ccc(OC)cc2)c2ncc(-c3nc(N4CCOCC4)nc4c3CCN4c3ccc(N(C(C)=O)C(=O)O)cc3)cn2)cc1. The minimum absolute atomic E-state index is 0.274. The Morgan fingerprint density at radius 2 is 1.40 bits per heavy atom. The van der Waals surface area contributed by atoms with Gasteiger partial charge in [-0.15, -0.1) is 0 Å². The maximum Gasteiger partial charge on any atom is 0.418 e. The van der Waals surface area contributed by atoms with E-state index in [1.807, 2.05) is 60.9 Å². The second-order valence-electron chi connectivity index (χ2n) is 12.7. The second kappa shape index (κ2) is 15.5. The first-order valence-electron chi connectivity index (χ1n) is 17.3. The molecule has 53 heavy (non-hydrogen) atoms. The van der Waals surface area contributed by atoms with Gasteiger partial charge >= 0.3 is 6.09 Å². The molecular weight excluding hydrogens is 676 g/mol. The van der Waals surface area contributed by atoms with E-state index < -0.39 is 12.0 Å². The van der Waals surface area contributed by atoms with E-state index in [0.29, 0.717) is 64.3 Å². The molecule has 2 aliphatic rings. The topological polar surface area (TPSA) is 147 Å². The van der Waals surface area contributed by atoms with Crippen molar-refractivity contribution in [3.63, 3.8) is 0 Å². The zero-order valence-corrected chi connectivity index (χ0v) is 29.8. The molecule has 1 fully saturated rings. The largest absolute Gasteiger partial charge is 0.497 e. The van der Waals surface area contributed by atoms with Crippen molar-refractivity contribution in [3.8, 4) is 22.8 Å². The Labute approximate surface area is 307 Å². The van der Waals surface area contributed by atoms with Gasteiger partial charge in [0.15, 0.2) is 0 Å². The van der Waals surface area contributed by atoms with Crippen molar-refractivity contribution in [1.29, 1.82) is 0 Å². The van der Waals surface area contributed by atoms with Gasteiger partial charge in [0, 0.05) is 68.9 Å². The molecule has 0 spiro atoms. The molecule has 0 atom stereocenters. The van der Waals surface area contributed by atoms with Crippen LogP contribution in [0.2, 0.25) is 0 Å².